The number of fused-ring (bicyclic) bond motifs is 1. The van der Waals surface area contributed by atoms with Gasteiger partial charge in [-0.2, -0.15) is 0 Å². The first-order valence-corrected chi connectivity index (χ1v) is 5.15. The van der Waals surface area contributed by atoms with Crippen LogP contribution in [0.3, 0.4) is 0 Å². The maximum atomic E-state index is 13.5. The van der Waals surface area contributed by atoms with E-state index in [1.54, 1.807) is 0 Å². The minimum atomic E-state index is -0.626. The summed E-state index contributed by atoms with van der Waals surface area (Å²) in [6.45, 7) is 7.79. The van der Waals surface area contributed by atoms with Crippen LogP contribution in [0.5, 0.6) is 0 Å². The first-order chi connectivity index (χ1) is 7.30. The summed E-state index contributed by atoms with van der Waals surface area (Å²) in [7, 11) is 0. The fourth-order valence-electron chi connectivity index (χ4n) is 2.09. The van der Waals surface area contributed by atoms with Crippen molar-refractivity contribution in [3.63, 3.8) is 0 Å². The van der Waals surface area contributed by atoms with E-state index in [9.17, 15) is 8.78 Å². The minimum absolute atomic E-state index is 0.184. The molecule has 0 spiro atoms. The largest absolute Gasteiger partial charge is 0.298 e. The quantitative estimate of drug-likeness (QED) is 0.671. The molecule has 0 aromatic carbocycles. The van der Waals surface area contributed by atoms with Crippen LogP contribution in [-0.2, 0) is 5.41 Å². The van der Waals surface area contributed by atoms with Gasteiger partial charge in [-0.15, -0.1) is 0 Å². The molecule has 0 bridgehead atoms. The van der Waals surface area contributed by atoms with Gasteiger partial charge < -0.3 is 0 Å². The van der Waals surface area contributed by atoms with E-state index in [4.69, 9.17) is 0 Å². The summed E-state index contributed by atoms with van der Waals surface area (Å²) in [5.74, 6) is -1.22. The average molecular weight is 224 g/mol. The van der Waals surface area contributed by atoms with Crippen LogP contribution in [0.25, 0.3) is 5.65 Å². The normalized spacial score (nSPS) is 12.4. The lowest BCUT2D eigenvalue weighted by Gasteiger charge is -2.19. The van der Waals surface area contributed by atoms with Gasteiger partial charge in [0, 0.05) is 17.7 Å². The molecule has 2 aromatic heterocycles. The molecule has 0 saturated carbocycles. The Bertz CT molecular complexity index is 550. The molecule has 0 aliphatic heterocycles. The molecule has 0 atom stereocenters. The predicted octanol–water partition coefficient (Wildman–Crippen LogP) is 3.22. The van der Waals surface area contributed by atoms with Crippen LogP contribution in [0.2, 0.25) is 0 Å². The van der Waals surface area contributed by atoms with Gasteiger partial charge in [-0.25, -0.2) is 13.8 Å². The van der Waals surface area contributed by atoms with Gasteiger partial charge in [0.05, 0.1) is 11.4 Å². The van der Waals surface area contributed by atoms with E-state index in [0.717, 1.165) is 17.5 Å². The van der Waals surface area contributed by atoms with Gasteiger partial charge in [-0.1, -0.05) is 20.8 Å². The average Bonchev–Trinajstić information content (AvgIpc) is 2.40. The van der Waals surface area contributed by atoms with Crippen molar-refractivity contribution in [2.45, 2.75) is 33.1 Å². The second kappa shape index (κ2) is 3.27. The van der Waals surface area contributed by atoms with Crippen molar-refractivity contribution >= 4 is 5.65 Å². The Morgan fingerprint density at radius 2 is 1.88 bits per heavy atom. The van der Waals surface area contributed by atoms with Crippen LogP contribution < -0.4 is 0 Å². The highest BCUT2D eigenvalue weighted by Gasteiger charge is 2.23. The van der Waals surface area contributed by atoms with Crippen LogP contribution in [0.4, 0.5) is 8.78 Å². The number of aromatic nitrogens is 2. The zero-order valence-electron chi connectivity index (χ0n) is 9.81. The van der Waals surface area contributed by atoms with Crippen molar-refractivity contribution in [1.29, 1.82) is 0 Å². The summed E-state index contributed by atoms with van der Waals surface area (Å²) in [5.41, 5.74) is 1.55. The highest BCUT2D eigenvalue weighted by atomic mass is 19.1. The Balaban J connectivity index is 2.89. The van der Waals surface area contributed by atoms with Gasteiger partial charge in [0.25, 0.3) is 0 Å². The topological polar surface area (TPSA) is 17.3 Å². The maximum absolute atomic E-state index is 13.5. The Morgan fingerprint density at radius 3 is 2.44 bits per heavy atom. The fourth-order valence-corrected chi connectivity index (χ4v) is 2.09. The molecular formula is C12H14F2N2. The van der Waals surface area contributed by atoms with Gasteiger partial charge in [0.2, 0.25) is 0 Å². The Hall–Kier alpha value is -1.45. The van der Waals surface area contributed by atoms with E-state index < -0.39 is 11.6 Å². The van der Waals surface area contributed by atoms with E-state index in [1.807, 2.05) is 27.7 Å². The maximum Gasteiger partial charge on any atom is 0.173 e. The summed E-state index contributed by atoms with van der Waals surface area (Å²) < 4.78 is 28.2. The Labute approximate surface area is 92.9 Å². The lowest BCUT2D eigenvalue weighted by Crippen LogP contribution is -2.16. The highest BCUT2D eigenvalue weighted by molar-refractivity contribution is 5.46. The van der Waals surface area contributed by atoms with Crippen molar-refractivity contribution in [1.82, 2.24) is 9.38 Å². The molecule has 0 aliphatic rings. The van der Waals surface area contributed by atoms with Gasteiger partial charge in [0.15, 0.2) is 11.5 Å². The zero-order chi connectivity index (χ0) is 12.1. The van der Waals surface area contributed by atoms with E-state index in [0.29, 0.717) is 0 Å². The molecule has 0 fully saturated rings. The third-order valence-electron chi connectivity index (χ3n) is 2.53. The van der Waals surface area contributed by atoms with Crippen LogP contribution in [0, 0.1) is 18.6 Å². The van der Waals surface area contributed by atoms with Crippen molar-refractivity contribution in [3.8, 4) is 0 Å². The molecule has 2 rings (SSSR count). The van der Waals surface area contributed by atoms with Crippen molar-refractivity contribution in [2.24, 2.45) is 0 Å². The van der Waals surface area contributed by atoms with Crippen molar-refractivity contribution < 1.29 is 8.78 Å². The summed E-state index contributed by atoms with van der Waals surface area (Å²) in [5, 5.41) is 0. The molecular weight excluding hydrogens is 210 g/mol. The second-order valence-electron chi connectivity index (χ2n) is 5.00. The molecule has 2 nitrogen and oxygen atoms in total. The number of rotatable bonds is 0. The molecule has 0 N–H and O–H groups in total. The summed E-state index contributed by atoms with van der Waals surface area (Å²) >= 11 is 0. The van der Waals surface area contributed by atoms with Gasteiger partial charge in [-0.05, 0) is 6.92 Å². The highest BCUT2D eigenvalue weighted by Crippen LogP contribution is 2.27. The lowest BCUT2D eigenvalue weighted by atomic mass is 9.91. The third kappa shape index (κ3) is 1.58. The van der Waals surface area contributed by atoms with Crippen LogP contribution in [0.1, 0.15) is 32.2 Å². The number of nitrogens with zero attached hydrogens (tertiary/aromatic N) is 2. The molecule has 16 heavy (non-hydrogen) atoms. The summed E-state index contributed by atoms with van der Waals surface area (Å²) in [6, 6.07) is 0.855. The Kier molecular flexibility index (Phi) is 2.26. The van der Waals surface area contributed by atoms with Crippen molar-refractivity contribution in [2.75, 3.05) is 0 Å². The number of hydrogen-bond acceptors (Lipinski definition) is 1. The molecule has 4 heteroatoms. The molecule has 0 amide bonds. The first-order valence-electron chi connectivity index (χ1n) is 5.15. The number of halogens is 2. The third-order valence-corrected chi connectivity index (χ3v) is 2.53. The predicted molar refractivity (Wildman–Crippen MR) is 58.5 cm³/mol. The molecule has 2 heterocycles. The van der Waals surface area contributed by atoms with E-state index in [2.05, 4.69) is 4.98 Å². The Morgan fingerprint density at radius 1 is 1.25 bits per heavy atom. The van der Waals surface area contributed by atoms with Crippen molar-refractivity contribution in [3.05, 3.63) is 35.3 Å². The number of imidazole rings is 1. The second-order valence-corrected chi connectivity index (χ2v) is 5.00. The molecule has 0 unspecified atom stereocenters. The van der Waals surface area contributed by atoms with E-state index >= 15 is 0 Å². The summed E-state index contributed by atoms with van der Waals surface area (Å²) in [6.07, 6.45) is 1.28. The lowest BCUT2D eigenvalue weighted by molar-refractivity contribution is 0.543. The van der Waals surface area contributed by atoms with Gasteiger partial charge >= 0.3 is 0 Å². The van der Waals surface area contributed by atoms with Gasteiger partial charge in [-0.3, -0.25) is 4.40 Å². The minimum Gasteiger partial charge on any atom is -0.298 e. The van der Waals surface area contributed by atoms with Crippen LogP contribution >= 0.6 is 0 Å². The molecule has 86 valence electrons. The monoisotopic (exact) mass is 224 g/mol. The van der Waals surface area contributed by atoms with E-state index in [-0.39, 0.29) is 11.1 Å². The molecule has 0 radical (unpaired) electrons. The summed E-state index contributed by atoms with van der Waals surface area (Å²) in [4.78, 5) is 4.14. The zero-order valence-corrected chi connectivity index (χ0v) is 9.81. The standard InChI is InChI=1S/C12H14F2N2/c1-7-10(12(2,3)4)16-6-8(13)5-9(14)11(16)15-7/h5-6H,1-4H3. The molecule has 2 aromatic rings. The van der Waals surface area contributed by atoms with Crippen LogP contribution in [0.15, 0.2) is 12.3 Å². The SMILES string of the molecule is Cc1nc2c(F)cc(F)cn2c1C(C)(C)C. The first kappa shape index (κ1) is 11.0. The number of hydrogen-bond donors (Lipinski definition) is 0. The number of aryl methyl sites for hydroxylation is 1. The smallest absolute Gasteiger partial charge is 0.173 e. The van der Waals surface area contributed by atoms with Gasteiger partial charge in [0.1, 0.15) is 5.82 Å². The number of pyridine rings is 1. The molecule has 0 saturated heterocycles. The fraction of sp³-hybridized carbons (Fsp3) is 0.417. The van der Waals surface area contributed by atoms with E-state index in [1.165, 1.54) is 10.6 Å². The molecule has 0 aliphatic carbocycles. The van der Waals surface area contributed by atoms with Crippen LogP contribution in [-0.4, -0.2) is 9.38 Å².